The normalized spacial score (nSPS) is 42.3. The van der Waals surface area contributed by atoms with Crippen molar-refractivity contribution in [2.75, 3.05) is 13.7 Å². The summed E-state index contributed by atoms with van der Waals surface area (Å²) in [6.45, 7) is 6.41. The van der Waals surface area contributed by atoms with Crippen molar-refractivity contribution in [2.24, 2.45) is 16.7 Å². The summed E-state index contributed by atoms with van der Waals surface area (Å²) in [4.78, 5) is 27.7. The van der Waals surface area contributed by atoms with E-state index in [9.17, 15) is 30.0 Å². The first-order valence-corrected chi connectivity index (χ1v) is 12.7. The third-order valence-electron chi connectivity index (χ3n) is 9.89. The number of Topliss-reactive ketones (excluding diaryl/α,β-unsaturated/α-hetero) is 1. The molecule has 4 N–H and O–H groups in total. The van der Waals surface area contributed by atoms with Crippen LogP contribution < -0.4 is 0 Å². The van der Waals surface area contributed by atoms with Gasteiger partial charge in [0.2, 0.25) is 0 Å². The Balaban J connectivity index is 0.00000210. The maximum atomic E-state index is 14.3. The van der Waals surface area contributed by atoms with E-state index in [4.69, 9.17) is 14.2 Å². The quantitative estimate of drug-likeness (QED) is 0.260. The first-order valence-electron chi connectivity index (χ1n) is 12.7. The van der Waals surface area contributed by atoms with Crippen LogP contribution in [0.25, 0.3) is 0 Å². The largest absolute Gasteiger partial charge is 0.455 e. The number of benzene rings is 1. The van der Waals surface area contributed by atoms with E-state index in [-0.39, 0.29) is 119 Å². The standard InChI is InChI=1S/C28H36O9.2Ac/c1-14-16(29)12-28(34)23(37-24(32)15-9-7-6-8-10-15)21-26(4,22(31)20(30)19(14)25(28,2)3)17(35-5)11-18-27(21,33)13-36-18;;/h6-10,16-18,20-21,23,29-30,33-34H,11-13H2,1-5H3;;/t16?,17?,18?,20?,21?,23?,26-,27+,28?;;/m1../s1. The minimum Gasteiger partial charge on any atom is -0.455 e. The number of aliphatic hydroxyl groups excluding tert-OH is 2. The number of carbonyl (C=O) groups excluding carboxylic acids is 2. The molecule has 1 aliphatic heterocycles. The van der Waals surface area contributed by atoms with Crippen LogP contribution in [0.1, 0.15) is 50.9 Å². The van der Waals surface area contributed by atoms with Gasteiger partial charge in [-0.05, 0) is 37.1 Å². The van der Waals surface area contributed by atoms with E-state index in [1.165, 1.54) is 7.11 Å². The van der Waals surface area contributed by atoms with Crippen LogP contribution in [-0.4, -0.2) is 87.6 Å². The summed E-state index contributed by atoms with van der Waals surface area (Å²) in [5.74, 6) is -2.57. The van der Waals surface area contributed by atoms with Crippen molar-refractivity contribution >= 4 is 11.8 Å². The summed E-state index contributed by atoms with van der Waals surface area (Å²) in [7, 11) is 1.44. The molecule has 2 bridgehead atoms. The summed E-state index contributed by atoms with van der Waals surface area (Å²) in [5, 5.41) is 47.1. The zero-order valence-corrected chi connectivity index (χ0v) is 32.4. The number of esters is 1. The Labute approximate surface area is 300 Å². The molecule has 9 nitrogen and oxygen atoms in total. The Bertz CT molecular complexity index is 1160. The van der Waals surface area contributed by atoms with Gasteiger partial charge in [-0.2, -0.15) is 0 Å². The topological polar surface area (TPSA) is 143 Å². The fraction of sp³-hybridized carbons (Fsp3) is 0.643. The van der Waals surface area contributed by atoms with Gasteiger partial charge in [-0.15, -0.1) is 0 Å². The molecule has 0 aromatic heterocycles. The predicted molar refractivity (Wildman–Crippen MR) is 130 cm³/mol. The van der Waals surface area contributed by atoms with Gasteiger partial charge >= 0.3 is 5.97 Å². The predicted octanol–water partition coefficient (Wildman–Crippen LogP) is 1.17. The number of ether oxygens (including phenoxy) is 3. The zero-order valence-electron chi connectivity index (χ0n) is 23.0. The third-order valence-corrected chi connectivity index (χ3v) is 9.89. The molecule has 9 atom stereocenters. The van der Waals surface area contributed by atoms with E-state index in [1.807, 2.05) is 0 Å². The van der Waals surface area contributed by atoms with Crippen molar-refractivity contribution in [3.05, 3.63) is 47.0 Å². The second-order valence-electron chi connectivity index (χ2n) is 11.8. The minimum absolute atomic E-state index is 0. The number of ketones is 1. The fourth-order valence-corrected chi connectivity index (χ4v) is 7.58. The summed E-state index contributed by atoms with van der Waals surface area (Å²) in [5.41, 5.74) is -5.69. The third kappa shape index (κ3) is 4.77. The van der Waals surface area contributed by atoms with Gasteiger partial charge in [0.25, 0.3) is 0 Å². The Morgan fingerprint density at radius 2 is 1.69 bits per heavy atom. The average molecular weight is 971 g/mol. The van der Waals surface area contributed by atoms with Gasteiger partial charge < -0.3 is 34.6 Å². The second-order valence-corrected chi connectivity index (χ2v) is 11.8. The van der Waals surface area contributed by atoms with Crippen LogP contribution in [-0.2, 0) is 19.0 Å². The number of hydrogen-bond donors (Lipinski definition) is 4. The van der Waals surface area contributed by atoms with Gasteiger partial charge in [0.1, 0.15) is 23.4 Å². The van der Waals surface area contributed by atoms with E-state index in [0.717, 1.165) is 0 Å². The van der Waals surface area contributed by atoms with E-state index >= 15 is 0 Å². The molecule has 3 aliphatic carbocycles. The van der Waals surface area contributed by atoms with Crippen LogP contribution in [0, 0.1) is 105 Å². The molecule has 3 fully saturated rings. The average Bonchev–Trinajstić information content (AvgIpc) is 2.85. The molecule has 1 aromatic carbocycles. The second kappa shape index (κ2) is 11.7. The minimum atomic E-state index is -1.97. The first-order chi connectivity index (χ1) is 17.2. The molecule has 208 valence electrons. The van der Waals surface area contributed by atoms with Crippen LogP contribution in [0.5, 0.6) is 0 Å². The summed E-state index contributed by atoms with van der Waals surface area (Å²) < 4.78 is 17.6. The molecule has 1 heterocycles. The Morgan fingerprint density at radius 1 is 1.08 bits per heavy atom. The van der Waals surface area contributed by atoms with Gasteiger partial charge in [-0.25, -0.2) is 4.79 Å². The molecular weight excluding hydrogens is 934 g/mol. The van der Waals surface area contributed by atoms with Crippen LogP contribution in [0.2, 0.25) is 0 Å². The Kier molecular flexibility index (Phi) is 10.3. The molecule has 5 rings (SSSR count). The van der Waals surface area contributed by atoms with E-state index in [2.05, 4.69) is 0 Å². The van der Waals surface area contributed by atoms with Crippen LogP contribution in [0.15, 0.2) is 41.5 Å². The number of fused-ring (bicyclic) bond motifs is 5. The van der Waals surface area contributed by atoms with Crippen LogP contribution in [0.4, 0.5) is 0 Å². The van der Waals surface area contributed by atoms with E-state index in [0.29, 0.717) is 5.57 Å². The number of methoxy groups -OCH3 is 1. The molecule has 11 heteroatoms. The fourth-order valence-electron chi connectivity index (χ4n) is 7.58. The number of carbonyl (C=O) groups is 2. The molecule has 39 heavy (non-hydrogen) atoms. The van der Waals surface area contributed by atoms with Gasteiger partial charge in [-0.3, -0.25) is 4.79 Å². The van der Waals surface area contributed by atoms with Crippen molar-refractivity contribution in [1.82, 2.24) is 0 Å². The maximum absolute atomic E-state index is 14.3. The molecule has 2 saturated carbocycles. The van der Waals surface area contributed by atoms with Crippen LogP contribution in [0.3, 0.4) is 0 Å². The molecule has 4 aliphatic rings. The number of aliphatic hydroxyl groups is 4. The summed E-state index contributed by atoms with van der Waals surface area (Å²) >= 11 is 0. The molecule has 0 spiro atoms. The molecule has 2 radical (unpaired) electrons. The van der Waals surface area contributed by atoms with Gasteiger partial charge in [0.15, 0.2) is 5.78 Å². The van der Waals surface area contributed by atoms with Gasteiger partial charge in [0, 0.05) is 119 Å². The monoisotopic (exact) mass is 970 g/mol. The molecule has 0 amide bonds. The SMILES string of the molecule is COC1CC2OC[C@@]2(O)C2C(OC(=O)c3ccccc3)C3(O)CC(O)C(C)=C(C(O)C(=O)[C@]12C)C3(C)C.[Ac].[Ac]. The maximum Gasteiger partial charge on any atom is 0.338 e. The smallest absolute Gasteiger partial charge is 0.338 e. The van der Waals surface area contributed by atoms with Gasteiger partial charge in [-0.1, -0.05) is 32.0 Å². The summed E-state index contributed by atoms with van der Waals surface area (Å²) in [6.07, 6.45) is -5.91. The number of rotatable bonds is 3. The Hall–Kier alpha value is 0.743. The van der Waals surface area contributed by atoms with Crippen molar-refractivity contribution < 1.29 is 132 Å². The van der Waals surface area contributed by atoms with Crippen molar-refractivity contribution in [3.63, 3.8) is 0 Å². The van der Waals surface area contributed by atoms with Crippen molar-refractivity contribution in [2.45, 2.75) is 82.3 Å². The van der Waals surface area contributed by atoms with Crippen LogP contribution >= 0.6 is 0 Å². The number of hydrogen-bond acceptors (Lipinski definition) is 9. The van der Waals surface area contributed by atoms with Gasteiger partial charge in [0.05, 0.1) is 35.9 Å². The molecule has 7 unspecified atom stereocenters. The van der Waals surface area contributed by atoms with Crippen molar-refractivity contribution in [3.8, 4) is 0 Å². The molecular formula is C28H36Ac2O9. The molecule has 1 saturated heterocycles. The summed E-state index contributed by atoms with van der Waals surface area (Å²) in [6, 6.07) is 8.25. The van der Waals surface area contributed by atoms with E-state index < -0.39 is 70.2 Å². The molecule has 1 aromatic rings. The zero-order chi connectivity index (χ0) is 27.1. The van der Waals surface area contributed by atoms with E-state index in [1.54, 1.807) is 58.0 Å². The Morgan fingerprint density at radius 3 is 2.23 bits per heavy atom. The van der Waals surface area contributed by atoms with Crippen molar-refractivity contribution in [1.29, 1.82) is 0 Å². The first kappa shape index (κ1) is 34.2.